The Labute approximate surface area is 216 Å². The third kappa shape index (κ3) is 4.59. The molecule has 0 bridgehead atoms. The normalized spacial score (nSPS) is 16.6. The Morgan fingerprint density at radius 3 is 2.00 bits per heavy atom. The largest absolute Gasteiger partial charge is 0.392 e. The maximum absolute atomic E-state index is 15.2. The van der Waals surface area contributed by atoms with Crippen LogP contribution >= 0.6 is 0 Å². The molecule has 37 heavy (non-hydrogen) atoms. The second-order valence-corrected chi connectivity index (χ2v) is 9.50. The Morgan fingerprint density at radius 1 is 0.730 bits per heavy atom. The van der Waals surface area contributed by atoms with Gasteiger partial charge in [-0.15, -0.1) is 0 Å². The maximum Gasteiger partial charge on any atom is 0.128 e. The van der Waals surface area contributed by atoms with Gasteiger partial charge in [-0.25, -0.2) is 9.07 Å². The van der Waals surface area contributed by atoms with Crippen LogP contribution < -0.4 is 0 Å². The topological polar surface area (TPSA) is 41.3 Å². The first-order valence-electron chi connectivity index (χ1n) is 12.6. The molecule has 0 radical (unpaired) electrons. The Hall–Kier alpha value is -4.06. The molecular formula is C32H28FN3O. The van der Waals surface area contributed by atoms with Crippen LogP contribution in [0.15, 0.2) is 115 Å². The molecule has 5 aromatic rings. The van der Waals surface area contributed by atoms with E-state index >= 15 is 4.39 Å². The molecule has 2 atom stereocenters. The fourth-order valence-electron chi connectivity index (χ4n) is 5.33. The number of β-amino-alcohol motifs (C(OH)–C–C–N with tert-alkyl or cyclic N) is 1. The highest BCUT2D eigenvalue weighted by Gasteiger charge is 2.34. The summed E-state index contributed by atoms with van der Waals surface area (Å²) in [5, 5.41) is 15.2. The van der Waals surface area contributed by atoms with E-state index in [1.54, 1.807) is 6.07 Å². The highest BCUT2D eigenvalue weighted by molar-refractivity contribution is 5.69. The Balaban J connectivity index is 1.50. The van der Waals surface area contributed by atoms with Crippen molar-refractivity contribution < 1.29 is 9.50 Å². The molecule has 1 aliphatic heterocycles. The van der Waals surface area contributed by atoms with Crippen LogP contribution in [0.25, 0.3) is 28.1 Å². The van der Waals surface area contributed by atoms with E-state index in [1.807, 2.05) is 59.4 Å². The number of rotatable bonds is 6. The molecule has 1 aliphatic rings. The van der Waals surface area contributed by atoms with E-state index in [4.69, 9.17) is 5.10 Å². The highest BCUT2D eigenvalue weighted by Crippen LogP contribution is 2.39. The minimum atomic E-state index is -0.421. The van der Waals surface area contributed by atoms with Crippen LogP contribution in [0.3, 0.4) is 0 Å². The maximum atomic E-state index is 15.2. The monoisotopic (exact) mass is 489 g/mol. The molecule has 1 aromatic heterocycles. The van der Waals surface area contributed by atoms with Gasteiger partial charge in [0.1, 0.15) is 5.82 Å². The van der Waals surface area contributed by atoms with E-state index in [2.05, 4.69) is 53.4 Å². The van der Waals surface area contributed by atoms with Gasteiger partial charge in [0.25, 0.3) is 0 Å². The van der Waals surface area contributed by atoms with Crippen molar-refractivity contribution in [2.45, 2.75) is 18.6 Å². The Kier molecular flexibility index (Phi) is 6.39. The van der Waals surface area contributed by atoms with Crippen LogP contribution in [-0.2, 0) is 0 Å². The molecule has 5 heteroatoms. The summed E-state index contributed by atoms with van der Waals surface area (Å²) in [6, 6.07) is 35.3. The summed E-state index contributed by atoms with van der Waals surface area (Å²) in [6.07, 6.45) is 2.10. The van der Waals surface area contributed by atoms with Crippen LogP contribution in [0, 0.1) is 5.82 Å². The summed E-state index contributed by atoms with van der Waals surface area (Å²) in [7, 11) is 0. The first kappa shape index (κ1) is 23.3. The van der Waals surface area contributed by atoms with Crippen LogP contribution in [0.2, 0.25) is 0 Å². The molecule has 0 amide bonds. The third-order valence-corrected chi connectivity index (χ3v) is 7.12. The van der Waals surface area contributed by atoms with Gasteiger partial charge in [0.15, 0.2) is 0 Å². The average Bonchev–Trinajstić information content (AvgIpc) is 3.58. The molecule has 1 fully saturated rings. The molecule has 0 saturated carbocycles. The number of aliphatic hydroxyl groups is 1. The van der Waals surface area contributed by atoms with Crippen molar-refractivity contribution in [3.8, 4) is 28.1 Å². The molecule has 0 aliphatic carbocycles. The van der Waals surface area contributed by atoms with Crippen molar-refractivity contribution in [2.24, 2.45) is 0 Å². The van der Waals surface area contributed by atoms with Gasteiger partial charge in [-0.2, -0.15) is 5.10 Å². The Bertz CT molecular complexity index is 1480. The molecule has 184 valence electrons. The Morgan fingerprint density at radius 2 is 1.35 bits per heavy atom. The number of hydrogen-bond donors (Lipinski definition) is 1. The van der Waals surface area contributed by atoms with Crippen molar-refractivity contribution in [3.63, 3.8) is 0 Å². The van der Waals surface area contributed by atoms with Crippen molar-refractivity contribution in [1.82, 2.24) is 14.7 Å². The number of aromatic nitrogens is 2. The number of hydrogen-bond acceptors (Lipinski definition) is 3. The highest BCUT2D eigenvalue weighted by atomic mass is 19.1. The van der Waals surface area contributed by atoms with E-state index in [0.29, 0.717) is 25.1 Å². The summed E-state index contributed by atoms with van der Waals surface area (Å²) in [6.45, 7) is 1.18. The number of likely N-dealkylation sites (tertiary alicyclic amines) is 1. The quantitative estimate of drug-likeness (QED) is 0.296. The van der Waals surface area contributed by atoms with Crippen molar-refractivity contribution in [2.75, 3.05) is 13.1 Å². The minimum absolute atomic E-state index is 0.257. The third-order valence-electron chi connectivity index (χ3n) is 7.12. The van der Waals surface area contributed by atoms with Gasteiger partial charge in [-0.3, -0.25) is 4.90 Å². The first-order chi connectivity index (χ1) is 18.2. The summed E-state index contributed by atoms with van der Waals surface area (Å²) in [4.78, 5) is 2.16. The van der Waals surface area contributed by atoms with Crippen molar-refractivity contribution in [3.05, 3.63) is 132 Å². The molecule has 4 nitrogen and oxygen atoms in total. The SMILES string of the molecule is OC1CCN(C(c2ccccc2F)c2cnn(-c3ccc(-c4ccccc4)cc3)c2-c2ccccc2)C1. The fourth-order valence-corrected chi connectivity index (χ4v) is 5.33. The van der Waals surface area contributed by atoms with E-state index in [-0.39, 0.29) is 11.9 Å². The molecule has 4 aromatic carbocycles. The molecule has 0 spiro atoms. The van der Waals surface area contributed by atoms with Gasteiger partial charge >= 0.3 is 0 Å². The van der Waals surface area contributed by atoms with Gasteiger partial charge in [0.05, 0.1) is 29.7 Å². The van der Waals surface area contributed by atoms with Crippen LogP contribution in [0.5, 0.6) is 0 Å². The molecule has 2 heterocycles. The zero-order valence-corrected chi connectivity index (χ0v) is 20.4. The first-order valence-corrected chi connectivity index (χ1v) is 12.6. The van der Waals surface area contributed by atoms with Crippen LogP contribution in [0.4, 0.5) is 4.39 Å². The molecule has 1 N–H and O–H groups in total. The summed E-state index contributed by atoms with van der Waals surface area (Å²) in [5.74, 6) is -0.257. The second-order valence-electron chi connectivity index (χ2n) is 9.50. The van der Waals surface area contributed by atoms with Gasteiger partial charge in [0.2, 0.25) is 0 Å². The summed E-state index contributed by atoms with van der Waals surface area (Å²) in [5.41, 5.74) is 6.65. The standard InChI is InChI=1S/C32H28FN3O/c33-30-14-8-7-13-28(30)32(35-20-19-27(37)22-35)29-21-34-36(31(29)25-11-5-2-6-12-25)26-17-15-24(16-18-26)23-9-3-1-4-10-23/h1-18,21,27,32,37H,19-20,22H2. The van der Waals surface area contributed by atoms with Crippen LogP contribution in [-0.4, -0.2) is 39.0 Å². The lowest BCUT2D eigenvalue weighted by molar-refractivity contribution is 0.166. The average molecular weight is 490 g/mol. The van der Waals surface area contributed by atoms with E-state index in [9.17, 15) is 5.11 Å². The van der Waals surface area contributed by atoms with E-state index in [1.165, 1.54) is 6.07 Å². The van der Waals surface area contributed by atoms with E-state index < -0.39 is 6.10 Å². The van der Waals surface area contributed by atoms with Gasteiger partial charge in [0, 0.05) is 29.8 Å². The number of benzene rings is 4. The van der Waals surface area contributed by atoms with Crippen molar-refractivity contribution in [1.29, 1.82) is 0 Å². The number of nitrogens with zero attached hydrogens (tertiary/aromatic N) is 3. The second kappa shape index (κ2) is 10.1. The minimum Gasteiger partial charge on any atom is -0.392 e. The molecule has 6 rings (SSSR count). The lowest BCUT2D eigenvalue weighted by atomic mass is 9.94. The lowest BCUT2D eigenvalue weighted by Crippen LogP contribution is -2.29. The van der Waals surface area contributed by atoms with Crippen LogP contribution in [0.1, 0.15) is 23.6 Å². The number of halogens is 1. The van der Waals surface area contributed by atoms with Crippen molar-refractivity contribution >= 4 is 0 Å². The summed E-state index contributed by atoms with van der Waals surface area (Å²) < 4.78 is 17.2. The molecule has 2 unspecified atom stereocenters. The van der Waals surface area contributed by atoms with Gasteiger partial charge in [-0.1, -0.05) is 91.0 Å². The molecular weight excluding hydrogens is 461 g/mol. The van der Waals surface area contributed by atoms with Gasteiger partial charge in [-0.05, 0) is 35.7 Å². The van der Waals surface area contributed by atoms with E-state index in [0.717, 1.165) is 33.6 Å². The van der Waals surface area contributed by atoms with Gasteiger partial charge < -0.3 is 5.11 Å². The zero-order chi connectivity index (χ0) is 25.2. The summed E-state index contributed by atoms with van der Waals surface area (Å²) >= 11 is 0. The predicted molar refractivity (Wildman–Crippen MR) is 145 cm³/mol. The molecule has 1 saturated heterocycles. The predicted octanol–water partition coefficient (Wildman–Crippen LogP) is 6.50. The smallest absolute Gasteiger partial charge is 0.128 e. The fraction of sp³-hybridized carbons (Fsp3) is 0.156. The zero-order valence-electron chi connectivity index (χ0n) is 20.4. The number of aliphatic hydroxyl groups excluding tert-OH is 1. The lowest BCUT2D eigenvalue weighted by Gasteiger charge is -2.29.